The number of carbonyl (C=O) groups is 1. The lowest BCUT2D eigenvalue weighted by Crippen LogP contribution is -2.05. The number of ether oxygens (including phenoxy) is 1. The molecule has 0 saturated carbocycles. The van der Waals surface area contributed by atoms with Gasteiger partial charge >= 0.3 is 5.97 Å². The van der Waals surface area contributed by atoms with E-state index in [4.69, 9.17) is 27.9 Å². The number of hydrogen-bond acceptors (Lipinski definition) is 7. The first kappa shape index (κ1) is 19.4. The number of halogens is 2. The highest BCUT2D eigenvalue weighted by Crippen LogP contribution is 2.28. The molecule has 1 N–H and O–H groups in total. The molecule has 2 heterocycles. The first-order chi connectivity index (χ1) is 13.0. The van der Waals surface area contributed by atoms with E-state index in [1.807, 2.05) is 6.26 Å². The molecule has 0 aliphatic carbocycles. The van der Waals surface area contributed by atoms with Gasteiger partial charge in [-0.3, -0.25) is 0 Å². The standard InChI is InChI=1S/C18H14Cl2N4O2S/c1-26-17(25)11-5-15(10-3-12(19)7-13(20)4-10)24-16(6-11)23-14-8-21-18(27-2)22-9-14/h3-9H,1-2H3,(H,23,24). The van der Waals surface area contributed by atoms with Gasteiger partial charge in [0.2, 0.25) is 0 Å². The van der Waals surface area contributed by atoms with Crippen molar-refractivity contribution in [1.29, 1.82) is 0 Å². The predicted octanol–water partition coefficient (Wildman–Crippen LogP) is 5.10. The second kappa shape index (κ2) is 8.56. The zero-order chi connectivity index (χ0) is 19.4. The van der Waals surface area contributed by atoms with Crippen molar-refractivity contribution in [3.63, 3.8) is 0 Å². The average Bonchev–Trinajstić information content (AvgIpc) is 2.67. The van der Waals surface area contributed by atoms with Crippen molar-refractivity contribution in [2.75, 3.05) is 18.7 Å². The second-order valence-electron chi connectivity index (χ2n) is 5.36. The summed E-state index contributed by atoms with van der Waals surface area (Å²) in [5.74, 6) is -0.0479. The van der Waals surface area contributed by atoms with E-state index < -0.39 is 5.97 Å². The number of esters is 1. The number of anilines is 2. The number of pyridine rings is 1. The number of nitrogens with zero attached hydrogens (tertiary/aromatic N) is 3. The molecule has 0 aliphatic rings. The Kier molecular flexibility index (Phi) is 6.15. The van der Waals surface area contributed by atoms with Gasteiger partial charge in [0.15, 0.2) is 5.16 Å². The molecule has 0 unspecified atom stereocenters. The Hall–Kier alpha value is -2.35. The minimum atomic E-state index is -0.483. The number of benzene rings is 1. The highest BCUT2D eigenvalue weighted by Gasteiger charge is 2.13. The van der Waals surface area contributed by atoms with Gasteiger partial charge < -0.3 is 10.1 Å². The van der Waals surface area contributed by atoms with Crippen LogP contribution in [0.4, 0.5) is 11.5 Å². The Morgan fingerprint density at radius 2 is 1.74 bits per heavy atom. The molecule has 0 aliphatic heterocycles. The monoisotopic (exact) mass is 420 g/mol. The van der Waals surface area contributed by atoms with E-state index in [0.29, 0.717) is 43.5 Å². The molecular formula is C18H14Cl2N4O2S. The summed E-state index contributed by atoms with van der Waals surface area (Å²) in [5, 5.41) is 4.69. The van der Waals surface area contributed by atoms with Crippen LogP contribution in [0.1, 0.15) is 10.4 Å². The van der Waals surface area contributed by atoms with E-state index in [1.54, 1.807) is 42.7 Å². The summed E-state index contributed by atoms with van der Waals surface area (Å²) in [6.45, 7) is 0. The average molecular weight is 421 g/mol. The molecule has 0 radical (unpaired) electrons. The van der Waals surface area contributed by atoms with Gasteiger partial charge in [-0.25, -0.2) is 19.7 Å². The molecule has 0 amide bonds. The van der Waals surface area contributed by atoms with Gasteiger partial charge in [0.05, 0.1) is 36.4 Å². The van der Waals surface area contributed by atoms with Gasteiger partial charge in [-0.1, -0.05) is 35.0 Å². The van der Waals surface area contributed by atoms with E-state index >= 15 is 0 Å². The van der Waals surface area contributed by atoms with E-state index in [9.17, 15) is 4.79 Å². The van der Waals surface area contributed by atoms with Crippen LogP contribution in [-0.4, -0.2) is 34.3 Å². The Morgan fingerprint density at radius 3 is 2.33 bits per heavy atom. The molecule has 27 heavy (non-hydrogen) atoms. The van der Waals surface area contributed by atoms with Gasteiger partial charge in [-0.2, -0.15) is 0 Å². The first-order valence-electron chi connectivity index (χ1n) is 7.68. The van der Waals surface area contributed by atoms with Crippen LogP contribution in [0.25, 0.3) is 11.3 Å². The van der Waals surface area contributed by atoms with Gasteiger partial charge in [0.1, 0.15) is 5.82 Å². The topological polar surface area (TPSA) is 77.0 Å². The third-order valence-corrected chi connectivity index (χ3v) is 4.50. The third-order valence-electron chi connectivity index (χ3n) is 3.49. The summed E-state index contributed by atoms with van der Waals surface area (Å²) in [5.41, 5.74) is 2.17. The zero-order valence-corrected chi connectivity index (χ0v) is 16.7. The van der Waals surface area contributed by atoms with Crippen molar-refractivity contribution in [3.05, 3.63) is 58.3 Å². The molecule has 3 rings (SSSR count). The number of methoxy groups -OCH3 is 1. The highest BCUT2D eigenvalue weighted by molar-refractivity contribution is 7.98. The molecule has 6 nitrogen and oxygen atoms in total. The lowest BCUT2D eigenvalue weighted by Gasteiger charge is -2.11. The fraction of sp³-hybridized carbons (Fsp3) is 0.111. The minimum absolute atomic E-state index is 0.336. The summed E-state index contributed by atoms with van der Waals surface area (Å²) < 4.78 is 4.84. The number of nitrogens with one attached hydrogen (secondary N) is 1. The summed E-state index contributed by atoms with van der Waals surface area (Å²) in [6.07, 6.45) is 5.18. The molecule has 1 aromatic carbocycles. The summed E-state index contributed by atoms with van der Waals surface area (Å²) in [7, 11) is 1.32. The Labute approximate surface area is 170 Å². The Balaban J connectivity index is 2.03. The SMILES string of the molecule is COC(=O)c1cc(Nc2cnc(SC)nc2)nc(-c2cc(Cl)cc(Cl)c2)c1. The molecule has 3 aromatic rings. The molecule has 9 heteroatoms. The fourth-order valence-corrected chi connectivity index (χ4v) is 3.16. The van der Waals surface area contributed by atoms with Gasteiger partial charge in [0.25, 0.3) is 0 Å². The van der Waals surface area contributed by atoms with Crippen LogP contribution < -0.4 is 5.32 Å². The van der Waals surface area contributed by atoms with Crippen molar-refractivity contribution in [3.8, 4) is 11.3 Å². The van der Waals surface area contributed by atoms with Crippen molar-refractivity contribution >= 4 is 52.4 Å². The maximum atomic E-state index is 12.1. The summed E-state index contributed by atoms with van der Waals surface area (Å²) in [4.78, 5) is 25.0. The maximum absolute atomic E-state index is 12.1. The number of hydrogen-bond donors (Lipinski definition) is 1. The van der Waals surface area contributed by atoms with Gasteiger partial charge in [-0.05, 0) is 36.6 Å². The first-order valence-corrected chi connectivity index (χ1v) is 9.66. The predicted molar refractivity (Wildman–Crippen MR) is 108 cm³/mol. The van der Waals surface area contributed by atoms with Crippen LogP contribution in [-0.2, 0) is 4.74 Å². The number of thioether (sulfide) groups is 1. The zero-order valence-electron chi connectivity index (χ0n) is 14.4. The van der Waals surface area contributed by atoms with Crippen LogP contribution in [0, 0.1) is 0 Å². The third kappa shape index (κ3) is 4.88. The fourth-order valence-electron chi connectivity index (χ4n) is 2.31. The maximum Gasteiger partial charge on any atom is 0.338 e. The van der Waals surface area contributed by atoms with E-state index in [-0.39, 0.29) is 0 Å². The van der Waals surface area contributed by atoms with Gasteiger partial charge in [0, 0.05) is 15.6 Å². The van der Waals surface area contributed by atoms with Crippen molar-refractivity contribution in [1.82, 2.24) is 15.0 Å². The minimum Gasteiger partial charge on any atom is -0.465 e. The van der Waals surface area contributed by atoms with Crippen molar-refractivity contribution < 1.29 is 9.53 Å². The molecule has 0 spiro atoms. The molecule has 2 aromatic heterocycles. The number of rotatable bonds is 5. The van der Waals surface area contributed by atoms with Crippen molar-refractivity contribution in [2.45, 2.75) is 5.16 Å². The smallest absolute Gasteiger partial charge is 0.338 e. The van der Waals surface area contributed by atoms with Crippen LogP contribution in [0.15, 0.2) is 47.9 Å². The normalized spacial score (nSPS) is 10.5. The van der Waals surface area contributed by atoms with Crippen LogP contribution >= 0.6 is 35.0 Å². The van der Waals surface area contributed by atoms with Crippen LogP contribution in [0.5, 0.6) is 0 Å². The largest absolute Gasteiger partial charge is 0.465 e. The number of carbonyl (C=O) groups excluding carboxylic acids is 1. The molecule has 138 valence electrons. The lowest BCUT2D eigenvalue weighted by atomic mass is 10.1. The Morgan fingerprint density at radius 1 is 1.07 bits per heavy atom. The van der Waals surface area contributed by atoms with E-state index in [2.05, 4.69) is 20.3 Å². The van der Waals surface area contributed by atoms with E-state index in [1.165, 1.54) is 18.9 Å². The van der Waals surface area contributed by atoms with Crippen molar-refractivity contribution in [2.24, 2.45) is 0 Å². The van der Waals surface area contributed by atoms with Crippen LogP contribution in [0.2, 0.25) is 10.0 Å². The molecule has 0 atom stereocenters. The second-order valence-corrected chi connectivity index (χ2v) is 7.01. The van der Waals surface area contributed by atoms with E-state index in [0.717, 1.165) is 0 Å². The lowest BCUT2D eigenvalue weighted by molar-refractivity contribution is 0.0600. The van der Waals surface area contributed by atoms with Crippen LogP contribution in [0.3, 0.4) is 0 Å². The molecule has 0 bridgehead atoms. The Bertz CT molecular complexity index is 963. The summed E-state index contributed by atoms with van der Waals surface area (Å²) >= 11 is 13.6. The van der Waals surface area contributed by atoms with Gasteiger partial charge in [-0.15, -0.1) is 0 Å². The molecule has 0 fully saturated rings. The molecule has 0 saturated heterocycles. The quantitative estimate of drug-likeness (QED) is 0.349. The number of aromatic nitrogens is 3. The highest BCUT2D eigenvalue weighted by atomic mass is 35.5. The molecular weight excluding hydrogens is 407 g/mol. The summed E-state index contributed by atoms with van der Waals surface area (Å²) in [6, 6.07) is 8.27.